The molecule has 152 valence electrons. The monoisotopic (exact) mass is 508 g/mol. The third kappa shape index (κ3) is 7.65. The summed E-state index contributed by atoms with van der Waals surface area (Å²) in [6.07, 6.45) is 2.35. The third-order valence-corrected chi connectivity index (χ3v) is 5.16. The fraction of sp³-hybridized carbons (Fsp3) is 0.611. The maximum absolute atomic E-state index is 11.9. The molecule has 0 aliphatic carbocycles. The molecule has 0 aromatic carbocycles. The number of likely N-dealkylation sites (tertiary alicyclic amines) is 1. The van der Waals surface area contributed by atoms with Crippen LogP contribution in [0.3, 0.4) is 0 Å². The van der Waals surface area contributed by atoms with E-state index in [4.69, 9.17) is 4.74 Å². The number of ether oxygens (including phenoxy) is 1. The van der Waals surface area contributed by atoms with Gasteiger partial charge in [-0.15, -0.1) is 35.3 Å². The quantitative estimate of drug-likeness (QED) is 0.194. The average molecular weight is 508 g/mol. The number of thiophene rings is 1. The van der Waals surface area contributed by atoms with E-state index >= 15 is 0 Å². The van der Waals surface area contributed by atoms with Crippen LogP contribution in [-0.2, 0) is 9.53 Å². The summed E-state index contributed by atoms with van der Waals surface area (Å²) in [7, 11) is 1.44. The molecule has 27 heavy (non-hydrogen) atoms. The van der Waals surface area contributed by atoms with E-state index < -0.39 is 0 Å². The molecule has 1 aliphatic heterocycles. The predicted molar refractivity (Wildman–Crippen MR) is 119 cm³/mol. The number of carbonyl (C=O) groups excluding carboxylic acids is 2. The van der Waals surface area contributed by atoms with Gasteiger partial charge in [0.25, 0.3) is 5.91 Å². The van der Waals surface area contributed by atoms with Gasteiger partial charge in [-0.3, -0.25) is 14.6 Å². The molecule has 2 rings (SSSR count). The van der Waals surface area contributed by atoms with Crippen molar-refractivity contribution in [3.63, 3.8) is 0 Å². The smallest absolute Gasteiger partial charge is 0.308 e. The van der Waals surface area contributed by atoms with Crippen LogP contribution in [0.4, 0.5) is 0 Å². The molecule has 0 bridgehead atoms. The topological polar surface area (TPSA) is 83.0 Å². The van der Waals surface area contributed by atoms with Crippen LogP contribution in [0.25, 0.3) is 0 Å². The summed E-state index contributed by atoms with van der Waals surface area (Å²) in [6, 6.07) is 3.69. The number of halogens is 1. The Morgan fingerprint density at radius 2 is 2.07 bits per heavy atom. The van der Waals surface area contributed by atoms with E-state index in [1.807, 2.05) is 24.4 Å². The average Bonchev–Trinajstić information content (AvgIpc) is 3.21. The van der Waals surface area contributed by atoms with Gasteiger partial charge >= 0.3 is 5.97 Å². The van der Waals surface area contributed by atoms with E-state index in [1.165, 1.54) is 18.4 Å². The molecule has 1 fully saturated rings. The number of amides is 1. The molecule has 1 aromatic heterocycles. The Labute approximate surface area is 182 Å². The van der Waals surface area contributed by atoms with Crippen molar-refractivity contribution in [1.82, 2.24) is 15.5 Å². The molecule has 1 aromatic rings. The summed E-state index contributed by atoms with van der Waals surface area (Å²) in [6.45, 7) is 5.66. The van der Waals surface area contributed by atoms with E-state index in [1.54, 1.807) is 0 Å². The summed E-state index contributed by atoms with van der Waals surface area (Å²) in [4.78, 5) is 31.1. The van der Waals surface area contributed by atoms with E-state index in [0.29, 0.717) is 13.1 Å². The molecule has 0 atom stereocenters. The van der Waals surface area contributed by atoms with Gasteiger partial charge in [-0.1, -0.05) is 6.07 Å². The van der Waals surface area contributed by atoms with Crippen molar-refractivity contribution >= 4 is 53.1 Å². The molecule has 2 heterocycles. The van der Waals surface area contributed by atoms with E-state index in [9.17, 15) is 9.59 Å². The van der Waals surface area contributed by atoms with Crippen LogP contribution in [0, 0.1) is 5.92 Å². The van der Waals surface area contributed by atoms with Crippen molar-refractivity contribution in [1.29, 1.82) is 0 Å². The molecule has 0 spiro atoms. The zero-order valence-corrected chi connectivity index (χ0v) is 19.0. The van der Waals surface area contributed by atoms with Crippen LogP contribution in [0.15, 0.2) is 22.5 Å². The molecule has 1 aliphatic rings. The number of hydrogen-bond acceptors (Lipinski definition) is 5. The molecular formula is C18H29IN4O3S. The minimum atomic E-state index is -0.118. The normalized spacial score (nSPS) is 15.0. The van der Waals surface area contributed by atoms with Gasteiger partial charge in [-0.2, -0.15) is 0 Å². The van der Waals surface area contributed by atoms with Crippen molar-refractivity contribution < 1.29 is 14.3 Å². The van der Waals surface area contributed by atoms with Crippen LogP contribution in [0.2, 0.25) is 0 Å². The summed E-state index contributed by atoms with van der Waals surface area (Å²) < 4.78 is 4.83. The van der Waals surface area contributed by atoms with Gasteiger partial charge in [0.2, 0.25) is 0 Å². The number of nitrogens with one attached hydrogen (secondary N) is 2. The first-order valence-corrected chi connectivity index (χ1v) is 9.96. The van der Waals surface area contributed by atoms with Crippen LogP contribution in [0.1, 0.15) is 35.9 Å². The van der Waals surface area contributed by atoms with Crippen LogP contribution in [-0.4, -0.2) is 62.6 Å². The van der Waals surface area contributed by atoms with E-state index in [-0.39, 0.29) is 41.8 Å². The van der Waals surface area contributed by atoms with Gasteiger partial charge < -0.3 is 20.3 Å². The molecule has 1 saturated heterocycles. The highest BCUT2D eigenvalue weighted by Crippen LogP contribution is 2.18. The van der Waals surface area contributed by atoms with E-state index in [0.717, 1.165) is 49.7 Å². The minimum Gasteiger partial charge on any atom is -0.469 e. The summed E-state index contributed by atoms with van der Waals surface area (Å²) in [5.41, 5.74) is 0. The fourth-order valence-corrected chi connectivity index (χ4v) is 3.52. The molecular weight excluding hydrogens is 479 g/mol. The van der Waals surface area contributed by atoms with Crippen LogP contribution < -0.4 is 10.6 Å². The number of piperidine rings is 1. The summed E-state index contributed by atoms with van der Waals surface area (Å²) in [5, 5.41) is 8.11. The van der Waals surface area contributed by atoms with Gasteiger partial charge in [0.05, 0.1) is 17.9 Å². The zero-order chi connectivity index (χ0) is 18.8. The first-order chi connectivity index (χ1) is 12.7. The van der Waals surface area contributed by atoms with Crippen molar-refractivity contribution in [2.75, 3.05) is 39.8 Å². The molecule has 0 unspecified atom stereocenters. The number of guanidine groups is 1. The molecule has 9 heteroatoms. The predicted octanol–water partition coefficient (Wildman–Crippen LogP) is 2.34. The molecule has 2 N–H and O–H groups in total. The molecule has 0 saturated carbocycles. The Bertz CT molecular complexity index is 602. The number of esters is 1. The lowest BCUT2D eigenvalue weighted by Gasteiger charge is -2.33. The van der Waals surface area contributed by atoms with Crippen LogP contribution in [0.5, 0.6) is 0 Å². The second-order valence-electron chi connectivity index (χ2n) is 6.11. The molecule has 1 amide bonds. The largest absolute Gasteiger partial charge is 0.469 e. The number of carbonyl (C=O) groups is 2. The lowest BCUT2D eigenvalue weighted by molar-refractivity contribution is -0.146. The Morgan fingerprint density at radius 1 is 1.33 bits per heavy atom. The standard InChI is InChI=1S/C18H28N4O3S.HI/c1-3-19-18(22-11-7-14(8-12-22)17(24)25-2)21-10-5-9-20-16(23)15-6-4-13-26-15;/h4,6,13-14H,3,5,7-12H2,1-2H3,(H,19,21)(H,20,23);1H. The van der Waals surface area contributed by atoms with Crippen molar-refractivity contribution in [2.24, 2.45) is 10.9 Å². The summed E-state index contributed by atoms with van der Waals surface area (Å²) >= 11 is 1.44. The van der Waals surface area contributed by atoms with Crippen molar-refractivity contribution in [2.45, 2.75) is 26.2 Å². The number of nitrogens with zero attached hydrogens (tertiary/aromatic N) is 2. The lowest BCUT2D eigenvalue weighted by atomic mass is 9.97. The van der Waals surface area contributed by atoms with Gasteiger partial charge in [0, 0.05) is 32.7 Å². The zero-order valence-electron chi connectivity index (χ0n) is 15.9. The Hall–Kier alpha value is -1.36. The Balaban J connectivity index is 0.00000364. The van der Waals surface area contributed by atoms with Gasteiger partial charge in [0.15, 0.2) is 5.96 Å². The first kappa shape index (κ1) is 23.7. The highest BCUT2D eigenvalue weighted by molar-refractivity contribution is 14.0. The Kier molecular flexibility index (Phi) is 11.3. The molecule has 0 radical (unpaired) electrons. The first-order valence-electron chi connectivity index (χ1n) is 9.08. The maximum atomic E-state index is 11.9. The Morgan fingerprint density at radius 3 is 2.67 bits per heavy atom. The number of aliphatic imine (C=N–C) groups is 1. The number of rotatable bonds is 7. The second kappa shape index (κ2) is 12.9. The SMILES string of the molecule is CCNC(=NCCCNC(=O)c1cccs1)N1CCC(C(=O)OC)CC1.I. The number of hydrogen-bond donors (Lipinski definition) is 2. The van der Waals surface area contributed by atoms with E-state index in [2.05, 4.69) is 20.5 Å². The number of methoxy groups -OCH3 is 1. The second-order valence-corrected chi connectivity index (χ2v) is 7.05. The fourth-order valence-electron chi connectivity index (χ4n) is 2.88. The van der Waals surface area contributed by atoms with Gasteiger partial charge in [-0.05, 0) is 37.6 Å². The van der Waals surface area contributed by atoms with Crippen LogP contribution >= 0.6 is 35.3 Å². The van der Waals surface area contributed by atoms with Gasteiger partial charge in [-0.25, -0.2) is 0 Å². The summed E-state index contributed by atoms with van der Waals surface area (Å²) in [5.74, 6) is 0.723. The maximum Gasteiger partial charge on any atom is 0.308 e. The third-order valence-electron chi connectivity index (χ3n) is 4.29. The molecule has 7 nitrogen and oxygen atoms in total. The highest BCUT2D eigenvalue weighted by Gasteiger charge is 2.26. The minimum absolute atomic E-state index is 0. The lowest BCUT2D eigenvalue weighted by Crippen LogP contribution is -2.46. The highest BCUT2D eigenvalue weighted by atomic mass is 127. The van der Waals surface area contributed by atoms with Crippen molar-refractivity contribution in [3.8, 4) is 0 Å². The van der Waals surface area contributed by atoms with Crippen molar-refractivity contribution in [3.05, 3.63) is 22.4 Å². The van der Waals surface area contributed by atoms with Gasteiger partial charge in [0.1, 0.15) is 0 Å².